The number of carbonyl (C=O) groups is 1. The standard InChI is InChI=1S/C17H20N2O2S/c1-19-6-4-17(5-7-19)9-13(10-17)21-15-3-2-12-8-14(11-20)22-16(12)18-15/h2-3,8,11,13H,4-7,9-10H2,1H3. The number of fused-ring (bicyclic) bond motifs is 1. The van der Waals surface area contributed by atoms with Gasteiger partial charge in [-0.1, -0.05) is 0 Å². The molecule has 1 aliphatic heterocycles. The number of piperidine rings is 1. The van der Waals surface area contributed by atoms with Crippen LogP contribution in [-0.4, -0.2) is 42.4 Å². The molecule has 0 unspecified atom stereocenters. The second kappa shape index (κ2) is 5.32. The Morgan fingerprint density at radius 3 is 2.86 bits per heavy atom. The quantitative estimate of drug-likeness (QED) is 0.814. The smallest absolute Gasteiger partial charge is 0.214 e. The Balaban J connectivity index is 1.41. The molecule has 4 nitrogen and oxygen atoms in total. The van der Waals surface area contributed by atoms with Gasteiger partial charge in [0.05, 0.1) is 4.88 Å². The van der Waals surface area contributed by atoms with Crippen LogP contribution in [0.4, 0.5) is 0 Å². The molecule has 1 aliphatic carbocycles. The Morgan fingerprint density at radius 2 is 2.14 bits per heavy atom. The Kier molecular flexibility index (Phi) is 3.42. The van der Waals surface area contributed by atoms with Crippen LogP contribution in [0, 0.1) is 5.41 Å². The summed E-state index contributed by atoms with van der Waals surface area (Å²) < 4.78 is 6.05. The number of carbonyl (C=O) groups excluding carboxylic acids is 1. The molecule has 1 saturated carbocycles. The summed E-state index contributed by atoms with van der Waals surface area (Å²) in [6.07, 6.45) is 6.09. The fraction of sp³-hybridized carbons (Fsp3) is 0.529. The molecule has 22 heavy (non-hydrogen) atoms. The van der Waals surface area contributed by atoms with Crippen LogP contribution in [0.3, 0.4) is 0 Å². The van der Waals surface area contributed by atoms with E-state index in [-0.39, 0.29) is 0 Å². The van der Waals surface area contributed by atoms with Gasteiger partial charge < -0.3 is 9.64 Å². The zero-order valence-electron chi connectivity index (χ0n) is 12.7. The first kappa shape index (κ1) is 14.2. The zero-order chi connectivity index (χ0) is 15.2. The number of hydrogen-bond acceptors (Lipinski definition) is 5. The van der Waals surface area contributed by atoms with Crippen molar-refractivity contribution >= 4 is 27.8 Å². The average Bonchev–Trinajstić information content (AvgIpc) is 2.90. The van der Waals surface area contributed by atoms with Gasteiger partial charge in [-0.25, -0.2) is 4.98 Å². The first-order chi connectivity index (χ1) is 10.7. The van der Waals surface area contributed by atoms with Crippen molar-refractivity contribution in [2.24, 2.45) is 5.41 Å². The van der Waals surface area contributed by atoms with Gasteiger partial charge in [-0.15, -0.1) is 11.3 Å². The molecule has 5 heteroatoms. The van der Waals surface area contributed by atoms with Crippen molar-refractivity contribution in [1.29, 1.82) is 0 Å². The van der Waals surface area contributed by atoms with Gasteiger partial charge in [0.1, 0.15) is 10.9 Å². The van der Waals surface area contributed by atoms with E-state index in [1.165, 1.54) is 37.3 Å². The van der Waals surface area contributed by atoms with E-state index in [1.807, 2.05) is 18.2 Å². The summed E-state index contributed by atoms with van der Waals surface area (Å²) in [5, 5.41) is 1.01. The average molecular weight is 316 g/mol. The van der Waals surface area contributed by atoms with E-state index in [0.29, 0.717) is 22.3 Å². The number of pyridine rings is 1. The maximum absolute atomic E-state index is 10.8. The van der Waals surface area contributed by atoms with Crippen molar-refractivity contribution < 1.29 is 9.53 Å². The molecule has 1 spiro atoms. The highest BCUT2D eigenvalue weighted by Gasteiger charge is 2.46. The van der Waals surface area contributed by atoms with Gasteiger partial charge >= 0.3 is 0 Å². The van der Waals surface area contributed by atoms with E-state index >= 15 is 0 Å². The Hall–Kier alpha value is -1.46. The molecule has 0 aromatic carbocycles. The summed E-state index contributed by atoms with van der Waals surface area (Å²) in [4.78, 5) is 19.4. The molecule has 2 aromatic rings. The van der Waals surface area contributed by atoms with Crippen LogP contribution < -0.4 is 4.74 Å². The topological polar surface area (TPSA) is 42.4 Å². The lowest BCUT2D eigenvalue weighted by molar-refractivity contribution is -0.0531. The SMILES string of the molecule is CN1CCC2(CC1)CC(Oc1ccc3cc(C=O)sc3n1)C2. The lowest BCUT2D eigenvalue weighted by Crippen LogP contribution is -2.50. The van der Waals surface area contributed by atoms with Crippen LogP contribution in [0.15, 0.2) is 18.2 Å². The second-order valence-electron chi connectivity index (χ2n) is 6.76. The first-order valence-corrected chi connectivity index (χ1v) is 8.68. The van der Waals surface area contributed by atoms with Crippen molar-refractivity contribution in [3.63, 3.8) is 0 Å². The molecule has 3 heterocycles. The van der Waals surface area contributed by atoms with Crippen molar-refractivity contribution in [1.82, 2.24) is 9.88 Å². The Bertz CT molecular complexity index is 696. The van der Waals surface area contributed by atoms with Crippen molar-refractivity contribution in [2.45, 2.75) is 31.8 Å². The normalized spacial score (nSPS) is 21.9. The third kappa shape index (κ3) is 2.52. The summed E-state index contributed by atoms with van der Waals surface area (Å²) in [6.45, 7) is 2.42. The molecular formula is C17H20N2O2S. The summed E-state index contributed by atoms with van der Waals surface area (Å²) in [5.74, 6) is 0.694. The van der Waals surface area contributed by atoms with Gasteiger partial charge in [-0.05, 0) is 63.4 Å². The van der Waals surface area contributed by atoms with E-state index in [0.717, 1.165) is 29.3 Å². The van der Waals surface area contributed by atoms with Crippen molar-refractivity contribution in [2.75, 3.05) is 20.1 Å². The van der Waals surface area contributed by atoms with E-state index in [1.54, 1.807) is 0 Å². The number of likely N-dealkylation sites (tertiary alicyclic amines) is 1. The number of aldehydes is 1. The van der Waals surface area contributed by atoms with E-state index in [2.05, 4.69) is 16.9 Å². The molecule has 0 N–H and O–H groups in total. The largest absolute Gasteiger partial charge is 0.474 e. The number of aromatic nitrogens is 1. The number of hydrogen-bond donors (Lipinski definition) is 0. The summed E-state index contributed by atoms with van der Waals surface area (Å²) >= 11 is 1.42. The van der Waals surface area contributed by atoms with Crippen LogP contribution in [0.25, 0.3) is 10.2 Å². The lowest BCUT2D eigenvalue weighted by Gasteiger charge is -2.51. The Morgan fingerprint density at radius 1 is 1.36 bits per heavy atom. The van der Waals surface area contributed by atoms with E-state index in [9.17, 15) is 4.79 Å². The number of thiophene rings is 1. The summed E-state index contributed by atoms with van der Waals surface area (Å²) in [5.41, 5.74) is 0.523. The van der Waals surface area contributed by atoms with Gasteiger partial charge in [0.2, 0.25) is 5.88 Å². The van der Waals surface area contributed by atoms with Gasteiger partial charge in [-0.3, -0.25) is 4.79 Å². The molecule has 0 atom stereocenters. The van der Waals surface area contributed by atoms with Gasteiger partial charge in [-0.2, -0.15) is 0 Å². The number of ether oxygens (including phenoxy) is 1. The fourth-order valence-corrected chi connectivity index (χ4v) is 4.54. The number of nitrogens with zero attached hydrogens (tertiary/aromatic N) is 2. The zero-order valence-corrected chi connectivity index (χ0v) is 13.6. The van der Waals surface area contributed by atoms with Crippen LogP contribution >= 0.6 is 11.3 Å². The maximum Gasteiger partial charge on any atom is 0.214 e. The summed E-state index contributed by atoms with van der Waals surface area (Å²) in [6, 6.07) is 5.79. The molecule has 0 radical (unpaired) electrons. The van der Waals surface area contributed by atoms with Gasteiger partial charge in [0, 0.05) is 11.5 Å². The van der Waals surface area contributed by atoms with Crippen LogP contribution in [0.1, 0.15) is 35.4 Å². The highest BCUT2D eigenvalue weighted by molar-refractivity contribution is 7.20. The third-order valence-corrected chi connectivity index (χ3v) is 6.12. The molecule has 4 rings (SSSR count). The van der Waals surface area contributed by atoms with Crippen molar-refractivity contribution in [3.8, 4) is 5.88 Å². The van der Waals surface area contributed by atoms with Crippen LogP contribution in [-0.2, 0) is 0 Å². The maximum atomic E-state index is 10.8. The molecule has 116 valence electrons. The molecule has 2 aromatic heterocycles. The molecular weight excluding hydrogens is 296 g/mol. The van der Waals surface area contributed by atoms with Crippen LogP contribution in [0.5, 0.6) is 5.88 Å². The minimum absolute atomic E-state index is 0.304. The third-order valence-electron chi connectivity index (χ3n) is 5.15. The predicted octanol–water partition coefficient (Wildman–Crippen LogP) is 3.36. The molecule has 0 bridgehead atoms. The van der Waals surface area contributed by atoms with Gasteiger partial charge in [0.15, 0.2) is 6.29 Å². The highest BCUT2D eigenvalue weighted by atomic mass is 32.1. The number of rotatable bonds is 3. The lowest BCUT2D eigenvalue weighted by atomic mass is 9.61. The van der Waals surface area contributed by atoms with E-state index in [4.69, 9.17) is 4.74 Å². The monoisotopic (exact) mass is 316 g/mol. The molecule has 0 amide bonds. The predicted molar refractivity (Wildman–Crippen MR) is 87.8 cm³/mol. The van der Waals surface area contributed by atoms with Gasteiger partial charge in [0.25, 0.3) is 0 Å². The molecule has 2 fully saturated rings. The van der Waals surface area contributed by atoms with E-state index < -0.39 is 0 Å². The molecule has 2 aliphatic rings. The minimum Gasteiger partial charge on any atom is -0.474 e. The first-order valence-electron chi connectivity index (χ1n) is 7.87. The molecule has 1 saturated heterocycles. The fourth-order valence-electron chi connectivity index (χ4n) is 3.71. The highest BCUT2D eigenvalue weighted by Crippen LogP contribution is 2.50. The second-order valence-corrected chi connectivity index (χ2v) is 7.82. The van der Waals surface area contributed by atoms with Crippen molar-refractivity contribution in [3.05, 3.63) is 23.1 Å². The Labute approximate surface area is 134 Å². The van der Waals surface area contributed by atoms with Crippen LogP contribution in [0.2, 0.25) is 0 Å². The minimum atomic E-state index is 0.304. The summed E-state index contributed by atoms with van der Waals surface area (Å²) in [7, 11) is 2.20.